The zero-order chi connectivity index (χ0) is 10.5. The van der Waals surface area contributed by atoms with Crippen molar-refractivity contribution in [2.45, 2.75) is 58.3 Å². The van der Waals surface area contributed by atoms with Crippen LogP contribution in [0, 0.1) is 0 Å². The predicted octanol–water partition coefficient (Wildman–Crippen LogP) is 5.02. The summed E-state index contributed by atoms with van der Waals surface area (Å²) in [6, 6.07) is 0. The summed E-state index contributed by atoms with van der Waals surface area (Å²) >= 11 is 0. The Bertz CT molecular complexity index is 170. The molecule has 80 valence electrons. The number of unbranched alkanes of at least 4 members (excludes halogenated alkanes) is 6. The van der Waals surface area contributed by atoms with Gasteiger partial charge in [0, 0.05) is 0 Å². The second-order valence-electron chi connectivity index (χ2n) is 3.66. The highest BCUT2D eigenvalue weighted by Crippen LogP contribution is 2.04. The predicted molar refractivity (Wildman–Crippen MR) is 65.5 cm³/mol. The minimum Gasteiger partial charge on any atom is -0.133 e. The Morgan fingerprint density at radius 1 is 0.929 bits per heavy atom. The summed E-state index contributed by atoms with van der Waals surface area (Å²) in [5.74, 6) is 0. The van der Waals surface area contributed by atoms with Crippen LogP contribution in [0.5, 0.6) is 0 Å². The summed E-state index contributed by atoms with van der Waals surface area (Å²) in [6.45, 7) is 5.79. The van der Waals surface area contributed by atoms with Crippen LogP contribution in [0.25, 0.3) is 0 Å². The average molecular weight is 192 g/mol. The van der Waals surface area contributed by atoms with Crippen molar-refractivity contribution in [1.29, 1.82) is 0 Å². The van der Waals surface area contributed by atoms with Crippen LogP contribution >= 0.6 is 0 Å². The number of rotatable bonds is 9. The first-order valence-electron chi connectivity index (χ1n) is 5.91. The van der Waals surface area contributed by atoms with Crippen molar-refractivity contribution in [3.05, 3.63) is 30.5 Å². The van der Waals surface area contributed by atoms with Gasteiger partial charge >= 0.3 is 0 Å². The molecule has 0 radical (unpaired) electrons. The molecule has 0 nitrogen and oxygen atoms in total. The number of allylic oxidation sites excluding steroid dienone is 3. The molecule has 0 aliphatic carbocycles. The van der Waals surface area contributed by atoms with Gasteiger partial charge in [0.05, 0.1) is 0 Å². The van der Waals surface area contributed by atoms with Gasteiger partial charge in [-0.05, 0) is 38.2 Å². The van der Waals surface area contributed by atoms with Crippen molar-refractivity contribution in [1.82, 2.24) is 0 Å². The van der Waals surface area contributed by atoms with Gasteiger partial charge in [-0.1, -0.05) is 44.9 Å². The zero-order valence-electron chi connectivity index (χ0n) is 9.60. The van der Waals surface area contributed by atoms with Gasteiger partial charge in [0.25, 0.3) is 0 Å². The number of hydrogen-bond acceptors (Lipinski definition) is 0. The summed E-state index contributed by atoms with van der Waals surface area (Å²) in [4.78, 5) is 0. The van der Waals surface area contributed by atoms with Gasteiger partial charge in [-0.2, -0.15) is 0 Å². The van der Waals surface area contributed by atoms with Crippen molar-refractivity contribution >= 4 is 0 Å². The van der Waals surface area contributed by atoms with E-state index in [-0.39, 0.29) is 0 Å². The van der Waals surface area contributed by atoms with E-state index in [1.165, 1.54) is 44.9 Å². The Morgan fingerprint density at radius 2 is 1.64 bits per heavy atom. The summed E-state index contributed by atoms with van der Waals surface area (Å²) in [5.41, 5.74) is 2.79. The van der Waals surface area contributed by atoms with Crippen LogP contribution in [0.3, 0.4) is 0 Å². The highest BCUT2D eigenvalue weighted by Gasteiger charge is 1.84. The molecule has 0 aromatic rings. The Kier molecular flexibility index (Phi) is 11.6. The second kappa shape index (κ2) is 12.3. The Morgan fingerprint density at radius 3 is 2.29 bits per heavy atom. The van der Waals surface area contributed by atoms with Gasteiger partial charge < -0.3 is 0 Å². The van der Waals surface area contributed by atoms with Gasteiger partial charge in [0.15, 0.2) is 0 Å². The first kappa shape index (κ1) is 13.3. The molecule has 0 heterocycles. The van der Waals surface area contributed by atoms with E-state index in [4.69, 9.17) is 0 Å². The molecular weight excluding hydrogens is 168 g/mol. The maximum Gasteiger partial charge on any atom is -0.0272 e. The molecule has 0 spiro atoms. The minimum atomic E-state index is 1.11. The van der Waals surface area contributed by atoms with Gasteiger partial charge in [-0.25, -0.2) is 0 Å². The standard InChI is InChI=1S/C14H24/c1-3-5-7-9-11-13-14-12-10-8-6-4-2/h5,13-14H,1,4,6-12H2,2H3. The van der Waals surface area contributed by atoms with E-state index >= 15 is 0 Å². The van der Waals surface area contributed by atoms with Crippen LogP contribution in [-0.4, -0.2) is 0 Å². The molecule has 0 aliphatic rings. The topological polar surface area (TPSA) is 0 Å². The third kappa shape index (κ3) is 11.3. The lowest BCUT2D eigenvalue weighted by atomic mass is 10.1. The van der Waals surface area contributed by atoms with Crippen molar-refractivity contribution in [2.75, 3.05) is 0 Å². The normalized spacial score (nSPS) is 10.4. The fraction of sp³-hybridized carbons (Fsp3) is 0.643. The van der Waals surface area contributed by atoms with E-state index < -0.39 is 0 Å². The van der Waals surface area contributed by atoms with Gasteiger partial charge in [-0.3, -0.25) is 0 Å². The highest BCUT2D eigenvalue weighted by molar-refractivity contribution is 4.83. The van der Waals surface area contributed by atoms with Crippen LogP contribution in [0.2, 0.25) is 0 Å². The smallest absolute Gasteiger partial charge is 0.0272 e. The summed E-state index contributed by atoms with van der Waals surface area (Å²) < 4.78 is 0. The maximum absolute atomic E-state index is 3.54. The van der Waals surface area contributed by atoms with Crippen LogP contribution in [0.1, 0.15) is 58.3 Å². The third-order valence-corrected chi connectivity index (χ3v) is 2.25. The first-order valence-corrected chi connectivity index (χ1v) is 5.91. The Balaban J connectivity index is 3.07. The average Bonchev–Trinajstić information content (AvgIpc) is 2.21. The molecule has 0 bridgehead atoms. The quantitative estimate of drug-likeness (QED) is 0.273. The van der Waals surface area contributed by atoms with Crippen LogP contribution < -0.4 is 0 Å². The molecule has 0 fully saturated rings. The molecule has 0 N–H and O–H groups in total. The highest BCUT2D eigenvalue weighted by atomic mass is 13.9. The maximum atomic E-state index is 3.54. The Hall–Kier alpha value is -0.740. The lowest BCUT2D eigenvalue weighted by molar-refractivity contribution is 0.673. The molecule has 0 aromatic carbocycles. The summed E-state index contributed by atoms with van der Waals surface area (Å²) in [7, 11) is 0. The molecule has 14 heavy (non-hydrogen) atoms. The van der Waals surface area contributed by atoms with E-state index in [0.29, 0.717) is 0 Å². The molecule has 0 aromatic heterocycles. The van der Waals surface area contributed by atoms with Gasteiger partial charge in [0.2, 0.25) is 0 Å². The zero-order valence-corrected chi connectivity index (χ0v) is 9.60. The molecule has 0 rings (SSSR count). The molecule has 0 saturated carbocycles. The molecule has 0 saturated heterocycles. The van der Waals surface area contributed by atoms with Gasteiger partial charge in [0.1, 0.15) is 0 Å². The lowest BCUT2D eigenvalue weighted by Crippen LogP contribution is -1.74. The molecule has 0 aliphatic heterocycles. The van der Waals surface area contributed by atoms with E-state index in [1.54, 1.807) is 0 Å². The first-order chi connectivity index (χ1) is 6.91. The van der Waals surface area contributed by atoms with Crippen LogP contribution in [0.15, 0.2) is 30.5 Å². The molecule has 0 unspecified atom stereocenters. The van der Waals surface area contributed by atoms with Crippen molar-refractivity contribution in [3.8, 4) is 0 Å². The molecular formula is C14H24. The molecule has 0 amide bonds. The fourth-order valence-electron chi connectivity index (χ4n) is 1.36. The summed E-state index contributed by atoms with van der Waals surface area (Å²) in [6.07, 6.45) is 16.9. The van der Waals surface area contributed by atoms with Crippen molar-refractivity contribution in [2.24, 2.45) is 0 Å². The van der Waals surface area contributed by atoms with E-state index in [1.807, 2.05) is 6.08 Å². The van der Waals surface area contributed by atoms with E-state index in [0.717, 1.165) is 6.42 Å². The van der Waals surface area contributed by atoms with Crippen molar-refractivity contribution < 1.29 is 0 Å². The Labute approximate surface area is 89.4 Å². The lowest BCUT2D eigenvalue weighted by Gasteiger charge is -1.94. The second-order valence-corrected chi connectivity index (χ2v) is 3.66. The van der Waals surface area contributed by atoms with E-state index in [2.05, 4.69) is 31.4 Å². The monoisotopic (exact) mass is 192 g/mol. The third-order valence-electron chi connectivity index (χ3n) is 2.25. The number of hydrogen-bond donors (Lipinski definition) is 0. The SMILES string of the molecule is C=C=CCCCC=CCCCCCC. The van der Waals surface area contributed by atoms with Crippen molar-refractivity contribution in [3.63, 3.8) is 0 Å². The van der Waals surface area contributed by atoms with Crippen LogP contribution in [0.4, 0.5) is 0 Å². The van der Waals surface area contributed by atoms with Crippen LogP contribution in [-0.2, 0) is 0 Å². The largest absolute Gasteiger partial charge is 0.133 e. The summed E-state index contributed by atoms with van der Waals surface area (Å²) in [5, 5.41) is 0. The minimum absolute atomic E-state index is 1.11. The fourth-order valence-corrected chi connectivity index (χ4v) is 1.36. The van der Waals surface area contributed by atoms with Gasteiger partial charge in [-0.15, -0.1) is 5.73 Å². The molecule has 0 atom stereocenters. The van der Waals surface area contributed by atoms with E-state index in [9.17, 15) is 0 Å². The molecule has 0 heteroatoms.